The quantitative estimate of drug-likeness (QED) is 0.653. The third kappa shape index (κ3) is 4.79. The first-order chi connectivity index (χ1) is 12.9. The molecule has 0 saturated heterocycles. The van der Waals surface area contributed by atoms with Crippen LogP contribution in [0.15, 0.2) is 54.7 Å². The molecule has 1 heterocycles. The standard InChI is InChI=1S/C23H27N3O/c1-16-7-9-18(3)20(12-16)15-26-11-5-6-21(26)14-24-23(27)25-22-13-17(2)8-10-19(22)4/h5-13H,14-15H2,1-4H3,(H2,24,25,27). The van der Waals surface area contributed by atoms with Crippen molar-refractivity contribution in [3.8, 4) is 0 Å². The van der Waals surface area contributed by atoms with Crippen molar-refractivity contribution in [2.75, 3.05) is 5.32 Å². The van der Waals surface area contributed by atoms with E-state index in [0.29, 0.717) is 6.54 Å². The maximum Gasteiger partial charge on any atom is 0.319 e. The van der Waals surface area contributed by atoms with Gasteiger partial charge >= 0.3 is 6.03 Å². The van der Waals surface area contributed by atoms with Gasteiger partial charge in [-0.3, -0.25) is 0 Å². The number of aryl methyl sites for hydroxylation is 4. The number of aromatic nitrogens is 1. The van der Waals surface area contributed by atoms with Gasteiger partial charge < -0.3 is 15.2 Å². The van der Waals surface area contributed by atoms with Gasteiger partial charge in [-0.2, -0.15) is 0 Å². The number of benzene rings is 2. The molecular formula is C23H27N3O. The van der Waals surface area contributed by atoms with Crippen molar-refractivity contribution >= 4 is 11.7 Å². The zero-order valence-electron chi connectivity index (χ0n) is 16.5. The highest BCUT2D eigenvalue weighted by Gasteiger charge is 2.08. The van der Waals surface area contributed by atoms with Crippen molar-refractivity contribution in [2.24, 2.45) is 0 Å². The van der Waals surface area contributed by atoms with Gasteiger partial charge in [-0.05, 0) is 68.1 Å². The summed E-state index contributed by atoms with van der Waals surface area (Å²) in [5, 5.41) is 5.90. The minimum atomic E-state index is -0.191. The fourth-order valence-electron chi connectivity index (χ4n) is 3.13. The minimum absolute atomic E-state index is 0.191. The molecule has 140 valence electrons. The monoisotopic (exact) mass is 361 g/mol. The van der Waals surface area contributed by atoms with E-state index in [0.717, 1.165) is 29.1 Å². The fraction of sp³-hybridized carbons (Fsp3) is 0.261. The van der Waals surface area contributed by atoms with Crippen LogP contribution in [0, 0.1) is 27.7 Å². The number of hydrogen-bond donors (Lipinski definition) is 2. The zero-order valence-corrected chi connectivity index (χ0v) is 16.5. The number of rotatable bonds is 5. The van der Waals surface area contributed by atoms with Gasteiger partial charge in [-0.25, -0.2) is 4.79 Å². The molecule has 0 bridgehead atoms. The highest BCUT2D eigenvalue weighted by molar-refractivity contribution is 5.90. The number of anilines is 1. The van der Waals surface area contributed by atoms with Crippen LogP contribution in [-0.4, -0.2) is 10.6 Å². The topological polar surface area (TPSA) is 46.1 Å². The fourth-order valence-corrected chi connectivity index (χ4v) is 3.13. The van der Waals surface area contributed by atoms with Crippen LogP contribution in [0.1, 0.15) is 33.5 Å². The lowest BCUT2D eigenvalue weighted by Crippen LogP contribution is -2.29. The largest absolute Gasteiger partial charge is 0.345 e. The molecule has 0 atom stereocenters. The normalized spacial score (nSPS) is 10.7. The van der Waals surface area contributed by atoms with Gasteiger partial charge in [0.2, 0.25) is 0 Å². The minimum Gasteiger partial charge on any atom is -0.345 e. The first-order valence-electron chi connectivity index (χ1n) is 9.24. The number of urea groups is 1. The Labute approximate surface area is 161 Å². The van der Waals surface area contributed by atoms with E-state index < -0.39 is 0 Å². The van der Waals surface area contributed by atoms with Gasteiger partial charge in [0.1, 0.15) is 0 Å². The lowest BCUT2D eigenvalue weighted by atomic mass is 10.1. The summed E-state index contributed by atoms with van der Waals surface area (Å²) in [6.45, 7) is 9.53. The van der Waals surface area contributed by atoms with E-state index in [4.69, 9.17) is 0 Å². The van der Waals surface area contributed by atoms with Crippen molar-refractivity contribution in [3.63, 3.8) is 0 Å². The summed E-state index contributed by atoms with van der Waals surface area (Å²) in [4.78, 5) is 12.3. The van der Waals surface area contributed by atoms with E-state index >= 15 is 0 Å². The molecule has 3 rings (SSSR count). The molecule has 2 amide bonds. The molecule has 4 heteroatoms. The Morgan fingerprint density at radius 1 is 0.926 bits per heavy atom. The van der Waals surface area contributed by atoms with Crippen molar-refractivity contribution in [1.82, 2.24) is 9.88 Å². The predicted octanol–water partition coefficient (Wildman–Crippen LogP) is 5.09. The van der Waals surface area contributed by atoms with E-state index in [1.807, 2.05) is 44.2 Å². The van der Waals surface area contributed by atoms with Crippen molar-refractivity contribution < 1.29 is 4.79 Å². The molecule has 1 aromatic heterocycles. The third-order valence-electron chi connectivity index (χ3n) is 4.84. The summed E-state index contributed by atoms with van der Waals surface area (Å²) in [6.07, 6.45) is 2.06. The van der Waals surface area contributed by atoms with Crippen LogP contribution in [0.5, 0.6) is 0 Å². The van der Waals surface area contributed by atoms with Crippen LogP contribution in [0.4, 0.5) is 10.5 Å². The lowest BCUT2D eigenvalue weighted by molar-refractivity contribution is 0.251. The molecule has 4 nitrogen and oxygen atoms in total. The summed E-state index contributed by atoms with van der Waals surface area (Å²) >= 11 is 0. The van der Waals surface area contributed by atoms with E-state index in [-0.39, 0.29) is 6.03 Å². The summed E-state index contributed by atoms with van der Waals surface area (Å²) in [6, 6.07) is 16.4. The number of carbonyl (C=O) groups excluding carboxylic acids is 1. The van der Waals surface area contributed by atoms with Gasteiger partial charge in [0.25, 0.3) is 0 Å². The van der Waals surface area contributed by atoms with Gasteiger partial charge in [-0.1, -0.05) is 35.9 Å². The zero-order chi connectivity index (χ0) is 19.4. The molecule has 0 radical (unpaired) electrons. The molecule has 0 unspecified atom stereocenters. The summed E-state index contributed by atoms with van der Waals surface area (Å²) in [7, 11) is 0. The molecule has 3 aromatic rings. The van der Waals surface area contributed by atoms with Gasteiger partial charge in [0.15, 0.2) is 0 Å². The molecule has 0 aliphatic rings. The SMILES string of the molecule is Cc1ccc(C)c(Cn2cccc2CNC(=O)Nc2cc(C)ccc2C)c1. The highest BCUT2D eigenvalue weighted by atomic mass is 16.2. The average molecular weight is 361 g/mol. The average Bonchev–Trinajstić information content (AvgIpc) is 3.06. The van der Waals surface area contributed by atoms with Crippen LogP contribution in [-0.2, 0) is 13.1 Å². The molecule has 0 spiro atoms. The Balaban J connectivity index is 1.64. The molecule has 0 aliphatic carbocycles. The van der Waals surface area contributed by atoms with Crippen molar-refractivity contribution in [1.29, 1.82) is 0 Å². The predicted molar refractivity (Wildman–Crippen MR) is 111 cm³/mol. The molecular weight excluding hydrogens is 334 g/mol. The Bertz CT molecular complexity index is 956. The molecule has 27 heavy (non-hydrogen) atoms. The molecule has 0 fully saturated rings. The maximum absolute atomic E-state index is 12.3. The Kier molecular flexibility index (Phi) is 5.65. The second kappa shape index (κ2) is 8.12. The van der Waals surface area contributed by atoms with E-state index in [2.05, 4.69) is 53.4 Å². The molecule has 0 saturated carbocycles. The van der Waals surface area contributed by atoms with Crippen molar-refractivity contribution in [2.45, 2.75) is 40.8 Å². The van der Waals surface area contributed by atoms with Crippen LogP contribution < -0.4 is 10.6 Å². The van der Waals surface area contributed by atoms with Crippen LogP contribution >= 0.6 is 0 Å². The van der Waals surface area contributed by atoms with E-state index in [1.165, 1.54) is 16.7 Å². The van der Waals surface area contributed by atoms with Gasteiger partial charge in [0.05, 0.1) is 6.54 Å². The summed E-state index contributed by atoms with van der Waals surface area (Å²) in [5.41, 5.74) is 7.93. The molecule has 2 aromatic carbocycles. The maximum atomic E-state index is 12.3. The smallest absolute Gasteiger partial charge is 0.319 e. The van der Waals surface area contributed by atoms with Crippen LogP contribution in [0.25, 0.3) is 0 Å². The summed E-state index contributed by atoms with van der Waals surface area (Å²) < 4.78 is 2.18. The second-order valence-corrected chi connectivity index (χ2v) is 7.18. The summed E-state index contributed by atoms with van der Waals surface area (Å²) in [5.74, 6) is 0. The molecule has 0 aliphatic heterocycles. The van der Waals surface area contributed by atoms with E-state index in [1.54, 1.807) is 0 Å². The first-order valence-corrected chi connectivity index (χ1v) is 9.24. The third-order valence-corrected chi connectivity index (χ3v) is 4.84. The Morgan fingerprint density at radius 2 is 1.63 bits per heavy atom. The number of carbonyl (C=O) groups is 1. The number of nitrogens with zero attached hydrogens (tertiary/aromatic N) is 1. The van der Waals surface area contributed by atoms with E-state index in [9.17, 15) is 4.79 Å². The van der Waals surface area contributed by atoms with Crippen LogP contribution in [0.3, 0.4) is 0 Å². The lowest BCUT2D eigenvalue weighted by Gasteiger charge is -2.14. The van der Waals surface area contributed by atoms with Gasteiger partial charge in [0, 0.05) is 24.1 Å². The highest BCUT2D eigenvalue weighted by Crippen LogP contribution is 2.17. The number of nitrogens with one attached hydrogen (secondary N) is 2. The number of hydrogen-bond acceptors (Lipinski definition) is 1. The Morgan fingerprint density at radius 3 is 2.41 bits per heavy atom. The van der Waals surface area contributed by atoms with Crippen molar-refractivity contribution in [3.05, 3.63) is 88.2 Å². The van der Waals surface area contributed by atoms with Gasteiger partial charge in [-0.15, -0.1) is 0 Å². The number of amides is 2. The first kappa shape index (κ1) is 18.8. The Hall–Kier alpha value is -3.01. The second-order valence-electron chi connectivity index (χ2n) is 7.18. The molecule has 2 N–H and O–H groups in total. The van der Waals surface area contributed by atoms with Crippen LogP contribution in [0.2, 0.25) is 0 Å².